The maximum atomic E-state index is 5.50. The molecule has 0 spiro atoms. The molecule has 2 rings (SSSR count). The molecule has 2 aromatic rings. The van der Waals surface area contributed by atoms with E-state index >= 15 is 0 Å². The van der Waals surface area contributed by atoms with Crippen LogP contribution in [0, 0.1) is 0 Å². The number of ether oxygens (including phenoxy) is 1. The van der Waals surface area contributed by atoms with Crippen molar-refractivity contribution in [2.75, 3.05) is 20.2 Å². The molecule has 1 N–H and O–H groups in total. The predicted octanol–water partition coefficient (Wildman–Crippen LogP) is 4.39. The van der Waals surface area contributed by atoms with Crippen LogP contribution in [-0.4, -0.2) is 20.2 Å². The van der Waals surface area contributed by atoms with Crippen LogP contribution in [0.4, 0.5) is 0 Å². The first-order chi connectivity index (χ1) is 10.2. The normalized spacial score (nSPS) is 12.1. The summed E-state index contributed by atoms with van der Waals surface area (Å²) in [7, 11) is 1.73. The Bertz CT molecular complexity index is 556. The van der Waals surface area contributed by atoms with E-state index in [1.54, 1.807) is 7.11 Å². The van der Waals surface area contributed by atoms with E-state index in [4.69, 9.17) is 4.74 Å². The fourth-order valence-electron chi connectivity index (χ4n) is 2.52. The number of nitrogens with one attached hydrogen (secondary N) is 1. The molecule has 0 amide bonds. The van der Waals surface area contributed by atoms with E-state index in [-0.39, 0.29) is 0 Å². The highest BCUT2D eigenvalue weighted by Crippen LogP contribution is 2.28. The van der Waals surface area contributed by atoms with E-state index in [2.05, 4.69) is 64.6 Å². The molecule has 112 valence electrons. The Labute approximate surface area is 135 Å². The number of hydrogen-bond donors (Lipinski definition) is 1. The zero-order valence-electron chi connectivity index (χ0n) is 12.6. The molecule has 1 atom stereocenters. The van der Waals surface area contributed by atoms with Crippen LogP contribution in [0.3, 0.4) is 0 Å². The van der Waals surface area contributed by atoms with Gasteiger partial charge in [0.1, 0.15) is 5.75 Å². The van der Waals surface area contributed by atoms with Crippen LogP contribution in [0.25, 0.3) is 0 Å². The average Bonchev–Trinajstić information content (AvgIpc) is 2.52. The van der Waals surface area contributed by atoms with Gasteiger partial charge in [0.05, 0.1) is 7.11 Å². The van der Waals surface area contributed by atoms with Gasteiger partial charge in [-0.05, 0) is 42.3 Å². The van der Waals surface area contributed by atoms with E-state index in [1.165, 1.54) is 11.1 Å². The van der Waals surface area contributed by atoms with Crippen LogP contribution in [-0.2, 0) is 6.42 Å². The SMILES string of the molecule is CCNCC(Cc1cc(Br)ccc1OC)c1ccccc1. The maximum absolute atomic E-state index is 5.50. The van der Waals surface area contributed by atoms with Gasteiger partial charge in [-0.15, -0.1) is 0 Å². The van der Waals surface area contributed by atoms with Crippen molar-refractivity contribution in [2.24, 2.45) is 0 Å². The van der Waals surface area contributed by atoms with E-state index in [0.717, 1.165) is 29.7 Å². The molecule has 0 aliphatic rings. The van der Waals surface area contributed by atoms with Gasteiger partial charge in [0.15, 0.2) is 0 Å². The number of hydrogen-bond acceptors (Lipinski definition) is 2. The molecule has 2 aromatic carbocycles. The molecule has 2 nitrogen and oxygen atoms in total. The predicted molar refractivity (Wildman–Crippen MR) is 92.1 cm³/mol. The number of benzene rings is 2. The van der Waals surface area contributed by atoms with Crippen molar-refractivity contribution in [3.8, 4) is 5.75 Å². The van der Waals surface area contributed by atoms with Gasteiger partial charge in [0, 0.05) is 16.9 Å². The molecule has 0 saturated carbocycles. The fraction of sp³-hybridized carbons (Fsp3) is 0.333. The molecule has 1 unspecified atom stereocenters. The summed E-state index contributed by atoms with van der Waals surface area (Å²) >= 11 is 3.55. The van der Waals surface area contributed by atoms with Crippen LogP contribution in [0.15, 0.2) is 53.0 Å². The topological polar surface area (TPSA) is 21.3 Å². The summed E-state index contributed by atoms with van der Waals surface area (Å²) in [5.74, 6) is 1.39. The number of likely N-dealkylation sites (N-methyl/N-ethyl adjacent to an activating group) is 1. The first-order valence-electron chi connectivity index (χ1n) is 7.32. The number of halogens is 1. The number of methoxy groups -OCH3 is 1. The Kier molecular flexibility index (Phi) is 6.27. The molecule has 3 heteroatoms. The molecule has 0 bridgehead atoms. The summed E-state index contributed by atoms with van der Waals surface area (Å²) in [6, 6.07) is 16.9. The zero-order chi connectivity index (χ0) is 15.1. The Balaban J connectivity index is 2.24. The first kappa shape index (κ1) is 16.1. The van der Waals surface area contributed by atoms with Crippen LogP contribution in [0.5, 0.6) is 5.75 Å². The third-order valence-corrected chi connectivity index (χ3v) is 4.11. The average molecular weight is 348 g/mol. The lowest BCUT2D eigenvalue weighted by Crippen LogP contribution is -2.22. The highest BCUT2D eigenvalue weighted by Gasteiger charge is 2.14. The Morgan fingerprint density at radius 3 is 2.57 bits per heavy atom. The Morgan fingerprint density at radius 1 is 1.14 bits per heavy atom. The van der Waals surface area contributed by atoms with Gasteiger partial charge in [-0.25, -0.2) is 0 Å². The number of rotatable bonds is 7. The highest BCUT2D eigenvalue weighted by atomic mass is 79.9. The summed E-state index contributed by atoms with van der Waals surface area (Å²) in [4.78, 5) is 0. The van der Waals surface area contributed by atoms with E-state index in [9.17, 15) is 0 Å². The van der Waals surface area contributed by atoms with Gasteiger partial charge in [0.25, 0.3) is 0 Å². The minimum absolute atomic E-state index is 0.439. The lowest BCUT2D eigenvalue weighted by molar-refractivity contribution is 0.407. The lowest BCUT2D eigenvalue weighted by atomic mass is 9.91. The van der Waals surface area contributed by atoms with Gasteiger partial charge >= 0.3 is 0 Å². The highest BCUT2D eigenvalue weighted by molar-refractivity contribution is 9.10. The van der Waals surface area contributed by atoms with Crippen molar-refractivity contribution in [2.45, 2.75) is 19.3 Å². The summed E-state index contributed by atoms with van der Waals surface area (Å²) in [6.07, 6.45) is 0.958. The molecular weight excluding hydrogens is 326 g/mol. The van der Waals surface area contributed by atoms with Gasteiger partial charge < -0.3 is 10.1 Å². The molecule has 0 radical (unpaired) electrons. The van der Waals surface area contributed by atoms with Gasteiger partial charge in [-0.2, -0.15) is 0 Å². The monoisotopic (exact) mass is 347 g/mol. The fourth-order valence-corrected chi connectivity index (χ4v) is 2.93. The molecule has 0 aliphatic heterocycles. The van der Waals surface area contributed by atoms with Crippen molar-refractivity contribution < 1.29 is 4.74 Å². The van der Waals surface area contributed by atoms with E-state index < -0.39 is 0 Å². The quantitative estimate of drug-likeness (QED) is 0.801. The second-order valence-electron chi connectivity index (χ2n) is 5.08. The van der Waals surface area contributed by atoms with E-state index in [0.29, 0.717) is 5.92 Å². The van der Waals surface area contributed by atoms with Crippen molar-refractivity contribution in [3.05, 3.63) is 64.1 Å². The summed E-state index contributed by atoms with van der Waals surface area (Å²) < 4.78 is 6.59. The molecule has 0 saturated heterocycles. The summed E-state index contributed by atoms with van der Waals surface area (Å²) in [5.41, 5.74) is 2.60. The molecule has 0 aliphatic carbocycles. The third kappa shape index (κ3) is 4.58. The van der Waals surface area contributed by atoms with Crippen molar-refractivity contribution in [1.29, 1.82) is 0 Å². The van der Waals surface area contributed by atoms with Crippen LogP contribution in [0.1, 0.15) is 24.0 Å². The molecule has 0 fully saturated rings. The molecular formula is C18H22BrNO. The van der Waals surface area contributed by atoms with Crippen LogP contribution >= 0.6 is 15.9 Å². The Hall–Kier alpha value is -1.32. The molecule has 0 heterocycles. The van der Waals surface area contributed by atoms with Crippen molar-refractivity contribution >= 4 is 15.9 Å². The second kappa shape index (κ2) is 8.20. The minimum atomic E-state index is 0.439. The first-order valence-corrected chi connectivity index (χ1v) is 8.12. The van der Waals surface area contributed by atoms with Crippen molar-refractivity contribution in [1.82, 2.24) is 5.32 Å². The molecule has 21 heavy (non-hydrogen) atoms. The zero-order valence-corrected chi connectivity index (χ0v) is 14.2. The van der Waals surface area contributed by atoms with E-state index in [1.807, 2.05) is 12.1 Å². The van der Waals surface area contributed by atoms with Gasteiger partial charge in [-0.3, -0.25) is 0 Å². The van der Waals surface area contributed by atoms with Crippen LogP contribution in [0.2, 0.25) is 0 Å². The molecule has 0 aromatic heterocycles. The third-order valence-electron chi connectivity index (χ3n) is 3.62. The minimum Gasteiger partial charge on any atom is -0.496 e. The summed E-state index contributed by atoms with van der Waals surface area (Å²) in [6.45, 7) is 4.09. The van der Waals surface area contributed by atoms with Crippen LogP contribution < -0.4 is 10.1 Å². The Morgan fingerprint density at radius 2 is 1.90 bits per heavy atom. The largest absolute Gasteiger partial charge is 0.496 e. The standard InChI is InChI=1S/C18H22BrNO/c1-3-20-13-16(14-7-5-4-6-8-14)11-15-12-17(19)9-10-18(15)21-2/h4-10,12,16,20H,3,11,13H2,1-2H3. The lowest BCUT2D eigenvalue weighted by Gasteiger charge is -2.19. The maximum Gasteiger partial charge on any atom is 0.122 e. The van der Waals surface area contributed by atoms with Gasteiger partial charge in [-0.1, -0.05) is 53.2 Å². The van der Waals surface area contributed by atoms with Gasteiger partial charge in [0.2, 0.25) is 0 Å². The van der Waals surface area contributed by atoms with Crippen molar-refractivity contribution in [3.63, 3.8) is 0 Å². The second-order valence-corrected chi connectivity index (χ2v) is 5.99. The smallest absolute Gasteiger partial charge is 0.122 e. The summed E-state index contributed by atoms with van der Waals surface area (Å²) in [5, 5.41) is 3.47.